The van der Waals surface area contributed by atoms with Crippen molar-refractivity contribution in [3.63, 3.8) is 0 Å². The third-order valence-electron chi connectivity index (χ3n) is 7.90. The Kier molecular flexibility index (Phi) is 6.86. The van der Waals surface area contributed by atoms with Crippen LogP contribution in [-0.4, -0.2) is 65.2 Å². The molecule has 1 fully saturated rings. The number of nitrogens with zero attached hydrogens (tertiary/aromatic N) is 4. The average molecular weight is 575 g/mol. The standard InChI is InChI=1S/C29H30N6O5S/c1-2-41(38,39)33-27(36)21-18-32-35-25(21)31-17-22(26(35)30-16-20-8-4-3-5-9-20)28(37)34-14-12-29(13-15-34)19-40-24-11-7-6-10-23(24)29/h3-11,17-18,30H,2,12-16,19H2,1H3,(H,33,36). The molecule has 1 saturated heterocycles. The van der Waals surface area contributed by atoms with Crippen LogP contribution in [0.15, 0.2) is 67.0 Å². The minimum atomic E-state index is -3.78. The summed E-state index contributed by atoms with van der Waals surface area (Å²) >= 11 is 0. The van der Waals surface area contributed by atoms with E-state index in [9.17, 15) is 18.0 Å². The summed E-state index contributed by atoms with van der Waals surface area (Å²) in [5.74, 6) is 0.00788. The van der Waals surface area contributed by atoms with Crippen molar-refractivity contribution in [3.05, 3.63) is 89.2 Å². The highest BCUT2D eigenvalue weighted by Crippen LogP contribution is 2.45. The van der Waals surface area contributed by atoms with E-state index in [1.165, 1.54) is 29.4 Å². The van der Waals surface area contributed by atoms with Gasteiger partial charge in [0.25, 0.3) is 11.8 Å². The first kappa shape index (κ1) is 26.8. The molecule has 1 spiro atoms. The number of rotatable bonds is 7. The molecule has 0 unspecified atom stereocenters. The van der Waals surface area contributed by atoms with E-state index in [1.807, 2.05) is 58.2 Å². The summed E-state index contributed by atoms with van der Waals surface area (Å²) in [5, 5.41) is 7.64. The summed E-state index contributed by atoms with van der Waals surface area (Å²) in [6.07, 6.45) is 4.23. The van der Waals surface area contributed by atoms with Crippen molar-refractivity contribution in [2.45, 2.75) is 31.7 Å². The molecule has 12 heteroatoms. The Morgan fingerprint density at radius 2 is 1.73 bits per heavy atom. The molecule has 6 rings (SSSR count). The molecule has 4 aromatic rings. The number of para-hydroxylation sites is 1. The number of hydrogen-bond donors (Lipinski definition) is 2. The van der Waals surface area contributed by atoms with E-state index >= 15 is 0 Å². The van der Waals surface area contributed by atoms with Crippen molar-refractivity contribution in [2.75, 3.05) is 30.8 Å². The summed E-state index contributed by atoms with van der Waals surface area (Å²) in [5.41, 5.74) is 2.51. The molecule has 11 nitrogen and oxygen atoms in total. The Balaban J connectivity index is 1.30. The van der Waals surface area contributed by atoms with E-state index in [4.69, 9.17) is 4.74 Å². The molecule has 2 N–H and O–H groups in total. The summed E-state index contributed by atoms with van der Waals surface area (Å²) in [6, 6.07) is 17.8. The Hall–Kier alpha value is -4.45. The van der Waals surface area contributed by atoms with Gasteiger partial charge in [-0.3, -0.25) is 9.59 Å². The molecule has 2 aliphatic heterocycles. The smallest absolute Gasteiger partial charge is 0.270 e. The lowest BCUT2D eigenvalue weighted by molar-refractivity contribution is 0.0646. The van der Waals surface area contributed by atoms with Crippen LogP contribution >= 0.6 is 0 Å². The van der Waals surface area contributed by atoms with Gasteiger partial charge in [0.2, 0.25) is 10.0 Å². The van der Waals surface area contributed by atoms with Gasteiger partial charge < -0.3 is 15.0 Å². The second-order valence-corrected chi connectivity index (χ2v) is 12.4. The lowest BCUT2D eigenvalue weighted by Gasteiger charge is -2.38. The molecule has 2 amide bonds. The highest BCUT2D eigenvalue weighted by molar-refractivity contribution is 7.90. The molecule has 212 valence electrons. The van der Waals surface area contributed by atoms with E-state index < -0.39 is 15.9 Å². The van der Waals surface area contributed by atoms with E-state index in [1.54, 1.807) is 0 Å². The summed E-state index contributed by atoms with van der Waals surface area (Å²) in [7, 11) is -3.78. The van der Waals surface area contributed by atoms with Gasteiger partial charge >= 0.3 is 0 Å². The molecule has 2 aromatic heterocycles. The van der Waals surface area contributed by atoms with E-state index in [0.29, 0.717) is 37.6 Å². The van der Waals surface area contributed by atoms with Crippen molar-refractivity contribution < 1.29 is 22.7 Å². The molecule has 4 heterocycles. The van der Waals surface area contributed by atoms with Crippen LogP contribution in [-0.2, 0) is 22.0 Å². The Bertz CT molecular complexity index is 1730. The van der Waals surface area contributed by atoms with Crippen LogP contribution in [0.25, 0.3) is 5.65 Å². The van der Waals surface area contributed by atoms with Gasteiger partial charge in [0, 0.05) is 36.8 Å². The van der Waals surface area contributed by atoms with Crippen LogP contribution in [0.3, 0.4) is 0 Å². The molecule has 0 bridgehead atoms. The van der Waals surface area contributed by atoms with E-state index in [0.717, 1.165) is 24.2 Å². The lowest BCUT2D eigenvalue weighted by Crippen LogP contribution is -2.46. The summed E-state index contributed by atoms with van der Waals surface area (Å²) < 4.78 is 33.4. The second-order valence-electron chi connectivity index (χ2n) is 10.3. The van der Waals surface area contributed by atoms with Gasteiger partial charge in [0.05, 0.1) is 18.6 Å². The van der Waals surface area contributed by atoms with Crippen LogP contribution in [0, 0.1) is 0 Å². The largest absolute Gasteiger partial charge is 0.492 e. The predicted molar refractivity (Wildman–Crippen MR) is 152 cm³/mol. The quantitative estimate of drug-likeness (QED) is 0.344. The fourth-order valence-electron chi connectivity index (χ4n) is 5.51. The molecule has 41 heavy (non-hydrogen) atoms. The first-order valence-electron chi connectivity index (χ1n) is 13.5. The number of carbonyl (C=O) groups is 2. The maximum atomic E-state index is 13.9. The van der Waals surface area contributed by atoms with Crippen molar-refractivity contribution in [2.24, 2.45) is 0 Å². The number of likely N-dealkylation sites (tertiary alicyclic amines) is 1. The third kappa shape index (κ3) is 4.99. The number of amides is 2. The zero-order valence-corrected chi connectivity index (χ0v) is 23.4. The maximum absolute atomic E-state index is 13.9. The van der Waals surface area contributed by atoms with Crippen molar-refractivity contribution >= 4 is 33.3 Å². The monoisotopic (exact) mass is 574 g/mol. The topological polar surface area (TPSA) is 135 Å². The van der Waals surface area contributed by atoms with Crippen molar-refractivity contribution in [3.8, 4) is 5.75 Å². The van der Waals surface area contributed by atoms with Crippen LogP contribution in [0.1, 0.15) is 51.6 Å². The second kappa shape index (κ2) is 10.5. The van der Waals surface area contributed by atoms with Crippen LogP contribution < -0.4 is 14.8 Å². The normalized spacial score (nSPS) is 15.9. The fraction of sp³-hybridized carbons (Fsp3) is 0.310. The highest BCUT2D eigenvalue weighted by Gasteiger charge is 2.44. The Morgan fingerprint density at radius 1 is 1.00 bits per heavy atom. The maximum Gasteiger partial charge on any atom is 0.270 e. The average Bonchev–Trinajstić information content (AvgIpc) is 3.59. The minimum absolute atomic E-state index is 0.0106. The van der Waals surface area contributed by atoms with Gasteiger partial charge in [-0.2, -0.15) is 9.61 Å². The van der Waals surface area contributed by atoms with Gasteiger partial charge in [0.1, 0.15) is 22.7 Å². The molecule has 0 atom stereocenters. The Labute approximate surface area is 237 Å². The summed E-state index contributed by atoms with van der Waals surface area (Å²) in [6.45, 7) is 3.54. The first-order chi connectivity index (χ1) is 19.8. The van der Waals surface area contributed by atoms with Crippen LogP contribution in [0.2, 0.25) is 0 Å². The molecule has 0 radical (unpaired) electrons. The number of ether oxygens (including phenoxy) is 1. The van der Waals surface area contributed by atoms with Gasteiger partial charge in [0.15, 0.2) is 5.65 Å². The number of anilines is 1. The molecular weight excluding hydrogens is 544 g/mol. The Morgan fingerprint density at radius 3 is 2.49 bits per heavy atom. The first-order valence-corrected chi connectivity index (χ1v) is 15.2. The van der Waals surface area contributed by atoms with Crippen molar-refractivity contribution in [1.82, 2.24) is 24.2 Å². The zero-order chi connectivity index (χ0) is 28.6. The van der Waals surface area contributed by atoms with Crippen LogP contribution in [0.4, 0.5) is 5.82 Å². The van der Waals surface area contributed by atoms with Gasteiger partial charge in [-0.05, 0) is 31.4 Å². The van der Waals surface area contributed by atoms with Crippen LogP contribution in [0.5, 0.6) is 5.75 Å². The number of aromatic nitrogens is 3. The SMILES string of the molecule is CCS(=O)(=O)NC(=O)c1cnn2c(NCc3ccccc3)c(C(=O)N3CCC4(CC3)COc3ccccc34)cnc12. The number of sulfonamides is 1. The molecule has 0 aliphatic carbocycles. The van der Waals surface area contributed by atoms with E-state index in [2.05, 4.69) is 21.5 Å². The van der Waals surface area contributed by atoms with Crippen molar-refractivity contribution in [1.29, 1.82) is 0 Å². The number of carbonyl (C=O) groups excluding carboxylic acids is 2. The minimum Gasteiger partial charge on any atom is -0.492 e. The van der Waals surface area contributed by atoms with Gasteiger partial charge in [-0.15, -0.1) is 0 Å². The molecular formula is C29H30N6O5S. The number of fused-ring (bicyclic) bond motifs is 3. The highest BCUT2D eigenvalue weighted by atomic mass is 32.2. The lowest BCUT2D eigenvalue weighted by atomic mass is 9.74. The molecule has 2 aromatic carbocycles. The molecule has 0 saturated carbocycles. The third-order valence-corrected chi connectivity index (χ3v) is 9.16. The number of nitrogens with one attached hydrogen (secondary N) is 2. The number of piperidine rings is 1. The van der Waals surface area contributed by atoms with E-state index in [-0.39, 0.29) is 28.3 Å². The summed E-state index contributed by atoms with van der Waals surface area (Å²) in [4.78, 5) is 32.9. The van der Waals surface area contributed by atoms with Gasteiger partial charge in [-0.1, -0.05) is 48.5 Å². The number of hydrogen-bond acceptors (Lipinski definition) is 8. The van der Waals surface area contributed by atoms with Gasteiger partial charge in [-0.25, -0.2) is 18.1 Å². The predicted octanol–water partition coefficient (Wildman–Crippen LogP) is 2.99. The fourth-order valence-corrected chi connectivity index (χ4v) is 6.05. The number of benzene rings is 2. The zero-order valence-electron chi connectivity index (χ0n) is 22.5. The molecule has 2 aliphatic rings.